The number of benzene rings is 6. The average Bonchev–Trinajstić information content (AvgIpc) is 3.85. The normalized spacial score (nSPS) is 29.6. The first-order valence-corrected chi connectivity index (χ1v) is 23.5. The highest BCUT2D eigenvalue weighted by Crippen LogP contribution is 2.89. The van der Waals surface area contributed by atoms with E-state index in [0.717, 1.165) is 23.7 Å². The zero-order chi connectivity index (χ0) is 39.8. The molecular weight excluding hydrogens is 731 g/mol. The smallest absolute Gasteiger partial charge is 0.0604 e. The van der Waals surface area contributed by atoms with E-state index in [1.165, 1.54) is 110 Å². The first-order valence-electron chi connectivity index (χ1n) is 22.6. The van der Waals surface area contributed by atoms with Crippen LogP contribution in [0.5, 0.6) is 0 Å². The van der Waals surface area contributed by atoms with E-state index in [1.54, 1.807) is 11.1 Å². The molecule has 1 nitrogen and oxygen atoms in total. The molecule has 4 fully saturated rings. The highest BCUT2D eigenvalue weighted by atomic mass is 32.2. The fourth-order valence-electron chi connectivity index (χ4n) is 15.2. The summed E-state index contributed by atoms with van der Waals surface area (Å²) in [6.07, 6.45) is 8.16. The quantitative estimate of drug-likeness (QED) is 0.175. The largest absolute Gasteiger partial charge is 0.309 e. The molecule has 6 unspecified atom stereocenters. The lowest BCUT2D eigenvalue weighted by Gasteiger charge is -2.78. The molecule has 1 heterocycles. The van der Waals surface area contributed by atoms with Crippen LogP contribution < -0.4 is 4.90 Å². The second-order valence-electron chi connectivity index (χ2n) is 21.6. The third kappa shape index (κ3) is 4.25. The molecule has 4 saturated carbocycles. The molecule has 0 aromatic heterocycles. The monoisotopic (exact) mass is 785 g/mol. The highest BCUT2D eigenvalue weighted by Gasteiger charge is 2.84. The van der Waals surface area contributed by atoms with E-state index in [0.29, 0.717) is 5.41 Å². The maximum absolute atomic E-state index is 2.68. The van der Waals surface area contributed by atoms with Crippen molar-refractivity contribution in [2.24, 2.45) is 29.1 Å². The van der Waals surface area contributed by atoms with Gasteiger partial charge < -0.3 is 4.90 Å². The van der Waals surface area contributed by atoms with Gasteiger partial charge in [0.05, 0.1) is 5.69 Å². The Hall–Kier alpha value is -4.53. The van der Waals surface area contributed by atoms with E-state index in [1.807, 2.05) is 0 Å². The van der Waals surface area contributed by atoms with Crippen LogP contribution in [0.4, 0.5) is 17.1 Å². The van der Waals surface area contributed by atoms with Crippen LogP contribution in [0.3, 0.4) is 0 Å². The van der Waals surface area contributed by atoms with Crippen LogP contribution in [0.2, 0.25) is 0 Å². The molecule has 59 heavy (non-hydrogen) atoms. The molecule has 2 spiro atoms. The Morgan fingerprint density at radius 3 is 2.02 bits per heavy atom. The predicted molar refractivity (Wildman–Crippen MR) is 246 cm³/mol. The number of fused-ring (bicyclic) bond motifs is 11. The van der Waals surface area contributed by atoms with Gasteiger partial charge >= 0.3 is 0 Å². The van der Waals surface area contributed by atoms with E-state index in [4.69, 9.17) is 0 Å². The average molecular weight is 786 g/mol. The van der Waals surface area contributed by atoms with Crippen molar-refractivity contribution < 1.29 is 0 Å². The third-order valence-electron chi connectivity index (χ3n) is 17.8. The lowest BCUT2D eigenvalue weighted by molar-refractivity contribution is -0.234. The van der Waals surface area contributed by atoms with Gasteiger partial charge in [-0.15, -0.1) is 0 Å². The summed E-state index contributed by atoms with van der Waals surface area (Å²) >= 11 is 2.06. The van der Waals surface area contributed by atoms with Crippen LogP contribution in [0.15, 0.2) is 137 Å². The summed E-state index contributed by atoms with van der Waals surface area (Å²) in [4.78, 5) is 5.64. The van der Waals surface area contributed by atoms with Crippen molar-refractivity contribution in [1.29, 1.82) is 0 Å². The molecule has 294 valence electrons. The first kappa shape index (κ1) is 35.2. The molecule has 0 saturated heterocycles. The van der Waals surface area contributed by atoms with Crippen LogP contribution in [-0.4, -0.2) is 0 Å². The predicted octanol–water partition coefficient (Wildman–Crippen LogP) is 15.3. The fraction of sp³-hybridized carbons (Fsp3) is 0.368. The van der Waals surface area contributed by atoms with Gasteiger partial charge in [-0.3, -0.25) is 0 Å². The third-order valence-corrected chi connectivity index (χ3v) is 19.0. The number of nitrogens with zero attached hydrogens (tertiary/aromatic N) is 1. The standard InChI is InChI=1S/C57H55NS/c1-53(2)26-27-54(3,4)46-32-38(23-25-43(46)53)58(37-22-24-41-40-16-10-11-18-42(40)55(5,6)45(41)31-37)47-20-13-19-44-52(47)59-48-21-12-17-39(35-14-8-7-9-15-35)51(48)57(44)49-29-34-28-36-30-50(57)56(36,49)33-34/h7-25,31-32,34,36,49-50H,26-30,33H2,1-6H3. The van der Waals surface area contributed by atoms with Gasteiger partial charge in [-0.05, 0) is 170 Å². The molecule has 6 aliphatic carbocycles. The molecule has 0 N–H and O–H groups in total. The number of hydrogen-bond acceptors (Lipinski definition) is 2. The van der Waals surface area contributed by atoms with Gasteiger partial charge in [0.15, 0.2) is 0 Å². The first-order chi connectivity index (χ1) is 28.4. The zero-order valence-corrected chi connectivity index (χ0v) is 36.3. The van der Waals surface area contributed by atoms with Crippen molar-refractivity contribution in [1.82, 2.24) is 0 Å². The Morgan fingerprint density at radius 1 is 0.542 bits per heavy atom. The summed E-state index contributed by atoms with van der Waals surface area (Å²) in [6, 6.07) is 50.2. The summed E-state index contributed by atoms with van der Waals surface area (Å²) < 4.78 is 0. The van der Waals surface area contributed by atoms with Crippen LogP contribution in [0.1, 0.15) is 113 Å². The van der Waals surface area contributed by atoms with Crippen molar-refractivity contribution in [3.05, 3.63) is 161 Å². The maximum atomic E-state index is 2.68. The number of hydrogen-bond donors (Lipinski definition) is 0. The maximum Gasteiger partial charge on any atom is 0.0604 e. The second-order valence-corrected chi connectivity index (χ2v) is 22.6. The molecule has 6 aromatic rings. The summed E-state index contributed by atoms with van der Waals surface area (Å²) in [5, 5.41) is 0. The Bertz CT molecular complexity index is 2790. The van der Waals surface area contributed by atoms with Crippen LogP contribution >= 0.6 is 11.8 Å². The molecule has 2 bridgehead atoms. The number of rotatable bonds is 4. The molecule has 6 aromatic carbocycles. The Balaban J connectivity index is 1.06. The minimum atomic E-state index is -0.0834. The summed E-state index contributed by atoms with van der Waals surface area (Å²) in [6.45, 7) is 14.7. The van der Waals surface area contributed by atoms with Crippen LogP contribution in [-0.2, 0) is 21.7 Å². The summed E-state index contributed by atoms with van der Waals surface area (Å²) in [5.41, 5.74) is 19.4. The van der Waals surface area contributed by atoms with E-state index in [9.17, 15) is 0 Å². The Labute approximate surface area is 355 Å². The minimum Gasteiger partial charge on any atom is -0.309 e. The molecule has 6 atom stereocenters. The molecule has 0 amide bonds. The highest BCUT2D eigenvalue weighted by molar-refractivity contribution is 7.99. The van der Waals surface area contributed by atoms with E-state index in [-0.39, 0.29) is 21.7 Å². The van der Waals surface area contributed by atoms with E-state index >= 15 is 0 Å². The van der Waals surface area contributed by atoms with Gasteiger partial charge in [-0.1, -0.05) is 144 Å². The molecule has 7 aliphatic rings. The number of anilines is 3. The Kier molecular flexibility index (Phi) is 6.83. The van der Waals surface area contributed by atoms with Gasteiger partial charge in [0.1, 0.15) is 0 Å². The zero-order valence-electron chi connectivity index (χ0n) is 35.5. The van der Waals surface area contributed by atoms with Crippen molar-refractivity contribution in [3.63, 3.8) is 0 Å². The van der Waals surface area contributed by atoms with Crippen molar-refractivity contribution in [2.45, 2.75) is 112 Å². The fourth-order valence-corrected chi connectivity index (χ4v) is 16.6. The van der Waals surface area contributed by atoms with E-state index < -0.39 is 0 Å². The van der Waals surface area contributed by atoms with Gasteiger partial charge in [-0.25, -0.2) is 0 Å². The van der Waals surface area contributed by atoms with Crippen molar-refractivity contribution >= 4 is 28.8 Å². The van der Waals surface area contributed by atoms with Crippen LogP contribution in [0, 0.1) is 29.1 Å². The molecule has 0 radical (unpaired) electrons. The molecular formula is C57H55NS. The second kappa shape index (κ2) is 11.4. The molecule has 13 rings (SSSR count). The topological polar surface area (TPSA) is 3.24 Å². The lowest BCUT2D eigenvalue weighted by Crippen LogP contribution is -2.74. The molecule has 1 aliphatic heterocycles. The van der Waals surface area contributed by atoms with Gasteiger partial charge in [-0.2, -0.15) is 0 Å². The van der Waals surface area contributed by atoms with Gasteiger partial charge in [0.25, 0.3) is 0 Å². The van der Waals surface area contributed by atoms with Gasteiger partial charge in [0, 0.05) is 32.0 Å². The summed E-state index contributed by atoms with van der Waals surface area (Å²) in [5.74, 6) is 3.28. The van der Waals surface area contributed by atoms with Crippen molar-refractivity contribution in [3.8, 4) is 22.3 Å². The van der Waals surface area contributed by atoms with Crippen molar-refractivity contribution in [2.75, 3.05) is 4.90 Å². The van der Waals surface area contributed by atoms with Gasteiger partial charge in [0.2, 0.25) is 0 Å². The molecule has 2 heteroatoms. The Morgan fingerprint density at radius 2 is 1.20 bits per heavy atom. The van der Waals surface area contributed by atoms with Crippen LogP contribution in [0.25, 0.3) is 22.3 Å². The lowest BCUT2D eigenvalue weighted by atomic mass is 9.26. The minimum absolute atomic E-state index is 0.0408. The summed E-state index contributed by atoms with van der Waals surface area (Å²) in [7, 11) is 0. The van der Waals surface area contributed by atoms with E-state index in [2.05, 4.69) is 186 Å². The SMILES string of the molecule is CC1(C)CCC(C)(C)c2cc(N(c3ccc4c(c3)C(C)(C)c3ccccc3-4)c3cccc4c3Sc3cccc(-c5ccccc5)c3C43C4CC5CC6CC3C64C5)ccc21.